The Morgan fingerprint density at radius 3 is 2.64 bits per heavy atom. The number of Topliss-reactive ketones (excluding diaryl/α,β-unsaturated/α-hetero) is 1. The summed E-state index contributed by atoms with van der Waals surface area (Å²) in [5.41, 5.74) is -0.0646. The van der Waals surface area contributed by atoms with Gasteiger partial charge in [-0.25, -0.2) is 4.79 Å². The molecule has 150 valence electrons. The van der Waals surface area contributed by atoms with E-state index in [0.29, 0.717) is 0 Å². The van der Waals surface area contributed by atoms with Gasteiger partial charge in [0.1, 0.15) is 35.5 Å². The number of carboxylic acids is 1. The summed E-state index contributed by atoms with van der Waals surface area (Å²) in [6, 6.07) is 2.05. The summed E-state index contributed by atoms with van der Waals surface area (Å²) in [5.74, 6) is -5.11. The molecule has 4 atom stereocenters. The van der Waals surface area contributed by atoms with Crippen LogP contribution in [0.2, 0.25) is 0 Å². The average Bonchev–Trinajstić information content (AvgIpc) is 2.62. The number of ketones is 1. The van der Waals surface area contributed by atoms with E-state index in [1.807, 2.05) is 0 Å². The Morgan fingerprint density at radius 1 is 1.32 bits per heavy atom. The molecule has 0 fully saturated rings. The van der Waals surface area contributed by atoms with E-state index in [2.05, 4.69) is 0 Å². The monoisotopic (exact) mass is 394 g/mol. The Balaban J connectivity index is 2.02. The summed E-state index contributed by atoms with van der Waals surface area (Å²) in [7, 11) is 1.19. The molecule has 0 saturated carbocycles. The largest absolute Gasteiger partial charge is 0.508 e. The Bertz CT molecular complexity index is 873. The molecule has 0 spiro atoms. The van der Waals surface area contributed by atoms with Crippen molar-refractivity contribution >= 4 is 11.8 Å². The van der Waals surface area contributed by atoms with Gasteiger partial charge >= 0.3 is 5.97 Å². The van der Waals surface area contributed by atoms with E-state index < -0.39 is 48.2 Å². The number of ether oxygens (including phenoxy) is 3. The van der Waals surface area contributed by atoms with Gasteiger partial charge in [-0.2, -0.15) is 0 Å². The Kier molecular flexibility index (Phi) is 5.13. The zero-order chi connectivity index (χ0) is 20.6. The van der Waals surface area contributed by atoms with Crippen molar-refractivity contribution in [1.29, 1.82) is 0 Å². The van der Waals surface area contributed by atoms with Crippen molar-refractivity contribution in [2.24, 2.45) is 0 Å². The first-order valence-corrected chi connectivity index (χ1v) is 8.13. The third-order valence-corrected chi connectivity index (χ3v) is 4.43. The lowest BCUT2D eigenvalue weighted by Crippen LogP contribution is -2.48. The number of hydrogen-bond donors (Lipinski definition) is 5. The number of fused-ring (bicyclic) bond motifs is 1. The van der Waals surface area contributed by atoms with Crippen LogP contribution in [0.25, 0.3) is 0 Å². The van der Waals surface area contributed by atoms with Crippen LogP contribution in [0.5, 0.6) is 17.2 Å². The van der Waals surface area contributed by atoms with Crippen molar-refractivity contribution in [2.45, 2.75) is 24.1 Å². The molecule has 1 aliphatic carbocycles. The van der Waals surface area contributed by atoms with Crippen LogP contribution < -0.4 is 4.74 Å². The summed E-state index contributed by atoms with van der Waals surface area (Å²) in [4.78, 5) is 23.7. The fourth-order valence-electron chi connectivity index (χ4n) is 3.02. The van der Waals surface area contributed by atoms with Crippen molar-refractivity contribution in [3.63, 3.8) is 0 Å². The fraction of sp³-hybridized carbons (Fsp3) is 0.333. The van der Waals surface area contributed by atoms with Crippen LogP contribution in [0.3, 0.4) is 0 Å². The number of benzene rings is 1. The molecule has 2 unspecified atom stereocenters. The number of methoxy groups -OCH3 is 1. The van der Waals surface area contributed by atoms with Gasteiger partial charge in [-0.05, 0) is 17.7 Å². The summed E-state index contributed by atoms with van der Waals surface area (Å²) in [6.45, 7) is -0.813. The molecule has 0 aromatic heterocycles. The second-order valence-corrected chi connectivity index (χ2v) is 6.27. The number of carbonyl (C=O) groups is 2. The molecule has 2 aliphatic rings. The number of phenols is 2. The summed E-state index contributed by atoms with van der Waals surface area (Å²) < 4.78 is 15.7. The molecule has 0 saturated heterocycles. The lowest BCUT2D eigenvalue weighted by Gasteiger charge is -2.36. The number of phenolic OH excluding ortho intramolecular Hbond substituents is 2. The number of aliphatic carboxylic acids is 1. The number of carboxylic acid groups (broad SMARTS) is 1. The highest BCUT2D eigenvalue weighted by atomic mass is 16.6. The number of aliphatic hydroxyl groups excluding tert-OH is 1. The molecule has 28 heavy (non-hydrogen) atoms. The van der Waals surface area contributed by atoms with Crippen LogP contribution >= 0.6 is 0 Å². The molecule has 0 bridgehead atoms. The molecule has 0 amide bonds. The predicted octanol–water partition coefficient (Wildman–Crippen LogP) is -0.297. The molecule has 1 heterocycles. The maximum Gasteiger partial charge on any atom is 0.329 e. The molecule has 10 heteroatoms. The molecule has 1 aromatic rings. The Hall–Kier alpha value is -2.92. The van der Waals surface area contributed by atoms with Crippen LogP contribution in [0.4, 0.5) is 0 Å². The van der Waals surface area contributed by atoms with Gasteiger partial charge < -0.3 is 39.7 Å². The quantitative estimate of drug-likeness (QED) is 0.419. The van der Waals surface area contributed by atoms with Gasteiger partial charge in [0.15, 0.2) is 12.2 Å². The first-order chi connectivity index (χ1) is 13.2. The van der Waals surface area contributed by atoms with Gasteiger partial charge in [0.05, 0.1) is 0 Å². The lowest BCUT2D eigenvalue weighted by atomic mass is 9.88. The number of aliphatic hydroxyl groups is 2. The van der Waals surface area contributed by atoms with Crippen LogP contribution in [-0.2, 0) is 14.3 Å². The van der Waals surface area contributed by atoms with Gasteiger partial charge in [0, 0.05) is 19.2 Å². The molecule has 0 radical (unpaired) electrons. The van der Waals surface area contributed by atoms with Crippen LogP contribution in [0.15, 0.2) is 35.9 Å². The SMILES string of the molecule is COC1(O)C=CC([C@H]2Oc3cc(O)cc(O)c3C(=O)[C@@H]2OCC(=O)O)=CC1O. The minimum atomic E-state index is -1.98. The second-order valence-electron chi connectivity index (χ2n) is 6.27. The number of carbonyl (C=O) groups excluding carboxylic acids is 1. The highest BCUT2D eigenvalue weighted by Gasteiger charge is 2.44. The zero-order valence-corrected chi connectivity index (χ0v) is 14.6. The average molecular weight is 394 g/mol. The standard InChI is InChI=1S/C18H18O10/c1-26-18(25)3-2-8(4-12(18)21)16-17(27-7-13(22)23)15(24)14-10(20)5-9(19)6-11(14)28-16/h2-6,12,16-17,19-21,25H,7H2,1H3,(H,22,23)/t12?,16-,17+,18?/m1/s1. The number of rotatable bonds is 5. The minimum absolute atomic E-state index is 0.140. The Morgan fingerprint density at radius 2 is 2.04 bits per heavy atom. The molecule has 1 aromatic carbocycles. The predicted molar refractivity (Wildman–Crippen MR) is 91.1 cm³/mol. The lowest BCUT2D eigenvalue weighted by molar-refractivity contribution is -0.196. The smallest absolute Gasteiger partial charge is 0.329 e. The highest BCUT2D eigenvalue weighted by Crippen LogP contribution is 2.40. The summed E-state index contributed by atoms with van der Waals surface area (Å²) in [5, 5.41) is 48.8. The van der Waals surface area contributed by atoms with Gasteiger partial charge in [-0.1, -0.05) is 6.08 Å². The zero-order valence-electron chi connectivity index (χ0n) is 14.6. The van der Waals surface area contributed by atoms with Gasteiger partial charge in [0.25, 0.3) is 0 Å². The van der Waals surface area contributed by atoms with E-state index in [0.717, 1.165) is 18.2 Å². The maximum atomic E-state index is 12.9. The van der Waals surface area contributed by atoms with E-state index in [1.54, 1.807) is 0 Å². The molecular weight excluding hydrogens is 376 g/mol. The first-order valence-electron chi connectivity index (χ1n) is 8.13. The maximum absolute atomic E-state index is 12.9. The number of hydrogen-bond acceptors (Lipinski definition) is 9. The normalized spacial score (nSPS) is 29.0. The van der Waals surface area contributed by atoms with Gasteiger partial charge in [0.2, 0.25) is 11.6 Å². The van der Waals surface area contributed by atoms with Crippen molar-refractivity contribution in [2.75, 3.05) is 13.7 Å². The van der Waals surface area contributed by atoms with Crippen LogP contribution in [0, 0.1) is 0 Å². The van der Waals surface area contributed by atoms with E-state index in [1.165, 1.54) is 19.3 Å². The minimum Gasteiger partial charge on any atom is -0.508 e. The highest BCUT2D eigenvalue weighted by molar-refractivity contribution is 6.06. The van der Waals surface area contributed by atoms with Crippen LogP contribution in [-0.4, -0.2) is 75.1 Å². The topological polar surface area (TPSA) is 163 Å². The van der Waals surface area contributed by atoms with Crippen molar-refractivity contribution in [3.05, 3.63) is 41.5 Å². The molecular formula is C18H18O10. The van der Waals surface area contributed by atoms with E-state index in [4.69, 9.17) is 19.3 Å². The van der Waals surface area contributed by atoms with Crippen molar-refractivity contribution in [1.82, 2.24) is 0 Å². The second kappa shape index (κ2) is 7.24. The van der Waals surface area contributed by atoms with Crippen molar-refractivity contribution in [3.8, 4) is 17.2 Å². The van der Waals surface area contributed by atoms with E-state index >= 15 is 0 Å². The first kappa shape index (κ1) is 19.8. The van der Waals surface area contributed by atoms with E-state index in [-0.39, 0.29) is 22.6 Å². The number of aromatic hydroxyl groups is 2. The van der Waals surface area contributed by atoms with Gasteiger partial charge in [-0.15, -0.1) is 0 Å². The summed E-state index contributed by atoms with van der Waals surface area (Å²) >= 11 is 0. The van der Waals surface area contributed by atoms with E-state index in [9.17, 15) is 30.0 Å². The molecule has 10 nitrogen and oxygen atoms in total. The van der Waals surface area contributed by atoms with Crippen molar-refractivity contribution < 1.29 is 49.3 Å². The third kappa shape index (κ3) is 3.45. The van der Waals surface area contributed by atoms with Gasteiger partial charge in [-0.3, -0.25) is 4.79 Å². The molecule has 5 N–H and O–H groups in total. The fourth-order valence-corrected chi connectivity index (χ4v) is 3.02. The molecule has 1 aliphatic heterocycles. The molecule has 3 rings (SSSR count). The van der Waals surface area contributed by atoms with Crippen LogP contribution in [0.1, 0.15) is 10.4 Å². The summed E-state index contributed by atoms with van der Waals surface area (Å²) in [6.07, 6.45) is -0.533. The Labute approximate surface area is 158 Å². The third-order valence-electron chi connectivity index (χ3n) is 4.43.